The normalized spacial score (nSPS) is 19.9. The lowest BCUT2D eigenvalue weighted by molar-refractivity contribution is -0.896. The van der Waals surface area contributed by atoms with Crippen LogP contribution in [0.2, 0.25) is 0 Å². The molecule has 8 nitrogen and oxygen atoms in total. The summed E-state index contributed by atoms with van der Waals surface area (Å²) in [6.45, 7) is 10.8. The Balaban J connectivity index is 1.70. The summed E-state index contributed by atoms with van der Waals surface area (Å²) in [6, 6.07) is 7.55. The number of rotatable bonds is 8. The van der Waals surface area contributed by atoms with Crippen LogP contribution in [-0.4, -0.2) is 64.0 Å². The lowest BCUT2D eigenvalue weighted by Crippen LogP contribution is -3.15. The van der Waals surface area contributed by atoms with Gasteiger partial charge in [-0.25, -0.2) is 9.59 Å². The number of carbonyl (C=O) groups excluding carboxylic acids is 2. The van der Waals surface area contributed by atoms with Crippen molar-refractivity contribution in [3.63, 3.8) is 0 Å². The third-order valence-corrected chi connectivity index (χ3v) is 5.55. The van der Waals surface area contributed by atoms with Gasteiger partial charge < -0.3 is 29.9 Å². The molecule has 0 radical (unpaired) electrons. The third kappa shape index (κ3) is 5.05. The predicted molar refractivity (Wildman–Crippen MR) is 115 cm³/mol. The van der Waals surface area contributed by atoms with Crippen LogP contribution in [0.3, 0.4) is 0 Å². The van der Waals surface area contributed by atoms with Crippen LogP contribution in [0, 0.1) is 0 Å². The number of anilines is 1. The van der Waals surface area contributed by atoms with Crippen molar-refractivity contribution in [1.29, 1.82) is 0 Å². The number of nitrogens with zero attached hydrogens (tertiary/aromatic N) is 1. The van der Waals surface area contributed by atoms with Crippen LogP contribution in [-0.2, 0) is 9.53 Å². The van der Waals surface area contributed by atoms with Crippen LogP contribution >= 0.6 is 0 Å². The van der Waals surface area contributed by atoms with Crippen LogP contribution in [0.1, 0.15) is 27.2 Å². The number of para-hydroxylation sites is 2. The Morgan fingerprint density at radius 1 is 1.17 bits per heavy atom. The maximum absolute atomic E-state index is 12.6. The van der Waals surface area contributed by atoms with Gasteiger partial charge in [0.05, 0.1) is 62.4 Å². The van der Waals surface area contributed by atoms with E-state index < -0.39 is 0 Å². The standard InChI is InChI=1S/C22H32N4O4/c1-4-16-20(21(27)30-6-3)17(24-22(28)23-16)15-25-11-13-26(14-12-25)18-9-7-8-10-19(18)29-5-2/h7-10,16H,4-6,11-15H2,1-3H3,(H2,23,24,28)/p+1/t16-/m1/s1. The Hall–Kier alpha value is -2.74. The minimum absolute atomic E-state index is 0.256. The summed E-state index contributed by atoms with van der Waals surface area (Å²) in [5, 5.41) is 5.69. The van der Waals surface area contributed by atoms with Gasteiger partial charge in [0.25, 0.3) is 0 Å². The molecule has 0 unspecified atom stereocenters. The highest BCUT2D eigenvalue weighted by Gasteiger charge is 2.34. The quantitative estimate of drug-likeness (QED) is 0.543. The number of benzene rings is 1. The van der Waals surface area contributed by atoms with E-state index in [0.717, 1.165) is 37.6 Å². The number of esters is 1. The zero-order valence-corrected chi connectivity index (χ0v) is 18.1. The van der Waals surface area contributed by atoms with E-state index in [1.54, 1.807) is 6.92 Å². The molecule has 2 aliphatic rings. The van der Waals surface area contributed by atoms with Gasteiger partial charge in [0.15, 0.2) is 0 Å². The molecule has 0 aromatic heterocycles. The molecule has 1 aromatic carbocycles. The third-order valence-electron chi connectivity index (χ3n) is 5.55. The van der Waals surface area contributed by atoms with Gasteiger partial charge in [0.1, 0.15) is 12.3 Å². The molecule has 1 saturated heterocycles. The van der Waals surface area contributed by atoms with Crippen LogP contribution in [0.25, 0.3) is 0 Å². The number of carbonyl (C=O) groups is 2. The van der Waals surface area contributed by atoms with E-state index in [2.05, 4.69) is 21.6 Å². The Morgan fingerprint density at radius 3 is 2.57 bits per heavy atom. The number of piperazine rings is 1. The van der Waals surface area contributed by atoms with Gasteiger partial charge >= 0.3 is 12.0 Å². The molecule has 30 heavy (non-hydrogen) atoms. The minimum atomic E-state index is -0.351. The highest BCUT2D eigenvalue weighted by atomic mass is 16.5. The zero-order chi connectivity index (χ0) is 21.5. The topological polar surface area (TPSA) is 84.3 Å². The Kier molecular flexibility index (Phi) is 7.57. The van der Waals surface area contributed by atoms with E-state index in [1.165, 1.54) is 4.90 Å². The fraction of sp³-hybridized carbons (Fsp3) is 0.545. The highest BCUT2D eigenvalue weighted by molar-refractivity contribution is 5.94. The summed E-state index contributed by atoms with van der Waals surface area (Å²) >= 11 is 0. The molecule has 2 aliphatic heterocycles. The molecule has 2 amide bonds. The fourth-order valence-electron chi connectivity index (χ4n) is 4.09. The average Bonchev–Trinajstić information content (AvgIpc) is 2.74. The molecule has 0 aliphatic carbocycles. The summed E-state index contributed by atoms with van der Waals surface area (Å²) in [6.07, 6.45) is 0.641. The molecule has 164 valence electrons. The summed E-state index contributed by atoms with van der Waals surface area (Å²) < 4.78 is 11.0. The van der Waals surface area contributed by atoms with Crippen molar-refractivity contribution in [2.45, 2.75) is 33.2 Å². The molecule has 2 heterocycles. The molecule has 1 aromatic rings. The van der Waals surface area contributed by atoms with Gasteiger partial charge in [-0.2, -0.15) is 0 Å². The Labute approximate surface area is 178 Å². The van der Waals surface area contributed by atoms with Crippen molar-refractivity contribution in [2.24, 2.45) is 0 Å². The van der Waals surface area contributed by atoms with Gasteiger partial charge in [-0.05, 0) is 32.4 Å². The Morgan fingerprint density at radius 2 is 1.90 bits per heavy atom. The van der Waals surface area contributed by atoms with Crippen molar-refractivity contribution in [3.05, 3.63) is 35.5 Å². The SMILES string of the molecule is CCOC(=O)C1=C(C[NH+]2CCN(c3ccccc3OCC)CC2)NC(=O)N[C@@H]1CC. The summed E-state index contributed by atoms with van der Waals surface area (Å²) in [5.74, 6) is 0.558. The second-order valence-electron chi connectivity index (χ2n) is 7.49. The van der Waals surface area contributed by atoms with Crippen LogP contribution in [0.5, 0.6) is 5.75 Å². The molecular formula is C22H33N4O4+. The first-order valence-electron chi connectivity index (χ1n) is 10.8. The van der Waals surface area contributed by atoms with Crippen LogP contribution < -0.4 is 25.2 Å². The Bertz CT molecular complexity index is 787. The molecule has 0 bridgehead atoms. The van der Waals surface area contributed by atoms with Crippen molar-refractivity contribution >= 4 is 17.7 Å². The number of urea groups is 1. The van der Waals surface area contributed by atoms with Crippen LogP contribution in [0.4, 0.5) is 10.5 Å². The van der Waals surface area contributed by atoms with Crippen molar-refractivity contribution in [1.82, 2.24) is 10.6 Å². The molecule has 3 rings (SSSR count). The van der Waals surface area contributed by atoms with Gasteiger partial charge in [-0.3, -0.25) is 0 Å². The van der Waals surface area contributed by atoms with E-state index in [9.17, 15) is 9.59 Å². The lowest BCUT2D eigenvalue weighted by Gasteiger charge is -2.36. The second kappa shape index (κ2) is 10.3. The average molecular weight is 418 g/mol. The monoisotopic (exact) mass is 417 g/mol. The maximum atomic E-state index is 12.6. The molecular weight excluding hydrogens is 384 g/mol. The van der Waals surface area contributed by atoms with Gasteiger partial charge in [0.2, 0.25) is 0 Å². The maximum Gasteiger partial charge on any atom is 0.338 e. The van der Waals surface area contributed by atoms with E-state index >= 15 is 0 Å². The van der Waals surface area contributed by atoms with E-state index in [-0.39, 0.29) is 18.0 Å². The largest absolute Gasteiger partial charge is 0.492 e. The van der Waals surface area contributed by atoms with E-state index in [0.29, 0.717) is 37.4 Å². The first-order valence-corrected chi connectivity index (χ1v) is 10.8. The first kappa shape index (κ1) is 22.0. The fourth-order valence-corrected chi connectivity index (χ4v) is 4.09. The number of hydrogen-bond acceptors (Lipinski definition) is 5. The summed E-state index contributed by atoms with van der Waals surface area (Å²) in [5.41, 5.74) is 2.35. The molecule has 1 fully saturated rings. The van der Waals surface area contributed by atoms with Gasteiger partial charge in [0, 0.05) is 0 Å². The van der Waals surface area contributed by atoms with Crippen molar-refractivity contribution in [3.8, 4) is 5.75 Å². The second-order valence-corrected chi connectivity index (χ2v) is 7.49. The summed E-state index contributed by atoms with van der Waals surface area (Å²) in [4.78, 5) is 28.3. The number of quaternary nitrogens is 1. The first-order chi connectivity index (χ1) is 14.6. The number of nitrogens with one attached hydrogen (secondary N) is 3. The molecule has 3 N–H and O–H groups in total. The van der Waals surface area contributed by atoms with Gasteiger partial charge in [-0.15, -0.1) is 0 Å². The predicted octanol–water partition coefficient (Wildman–Crippen LogP) is 0.699. The summed E-state index contributed by atoms with van der Waals surface area (Å²) in [7, 11) is 0. The van der Waals surface area contributed by atoms with Crippen LogP contribution in [0.15, 0.2) is 35.5 Å². The van der Waals surface area contributed by atoms with Crippen molar-refractivity contribution < 1.29 is 24.0 Å². The molecule has 0 spiro atoms. The number of ether oxygens (including phenoxy) is 2. The van der Waals surface area contributed by atoms with Gasteiger partial charge in [-0.1, -0.05) is 19.1 Å². The molecule has 1 atom stereocenters. The number of hydrogen-bond donors (Lipinski definition) is 3. The number of amides is 2. The molecule has 8 heteroatoms. The van der Waals surface area contributed by atoms with Crippen molar-refractivity contribution in [2.75, 3.05) is 50.8 Å². The minimum Gasteiger partial charge on any atom is -0.492 e. The smallest absolute Gasteiger partial charge is 0.338 e. The highest BCUT2D eigenvalue weighted by Crippen LogP contribution is 2.27. The molecule has 0 saturated carbocycles. The zero-order valence-electron chi connectivity index (χ0n) is 18.1. The van der Waals surface area contributed by atoms with E-state index in [1.807, 2.05) is 32.0 Å². The van der Waals surface area contributed by atoms with E-state index in [4.69, 9.17) is 9.47 Å². The lowest BCUT2D eigenvalue weighted by atomic mass is 10.00.